The minimum atomic E-state index is -4.61. The number of ether oxygens (including phenoxy) is 1. The number of nitrogens with one attached hydrogen (secondary N) is 1. The lowest BCUT2D eigenvalue weighted by molar-refractivity contribution is -0.137. The fraction of sp³-hybridized carbons (Fsp3) is 0.478. The summed E-state index contributed by atoms with van der Waals surface area (Å²) in [5.41, 5.74) is 1.46. The molecule has 0 radical (unpaired) electrons. The number of nitrogens with zero attached hydrogens (tertiary/aromatic N) is 3. The monoisotopic (exact) mass is 466 g/mol. The molecule has 1 N–H and O–H groups in total. The lowest BCUT2D eigenvalue weighted by atomic mass is 9.90. The first-order chi connectivity index (χ1) is 15.8. The van der Waals surface area contributed by atoms with Crippen molar-refractivity contribution in [1.29, 1.82) is 0 Å². The normalized spacial score (nSPS) is 18.8. The molecule has 0 saturated carbocycles. The minimum absolute atomic E-state index is 0.0762. The van der Waals surface area contributed by atoms with Crippen molar-refractivity contribution in [3.63, 3.8) is 0 Å². The lowest BCUT2D eigenvalue weighted by Crippen LogP contribution is -2.41. The minimum Gasteiger partial charge on any atom is -0.378 e. The number of halogens is 4. The van der Waals surface area contributed by atoms with E-state index in [2.05, 4.69) is 17.0 Å². The molecule has 178 valence electrons. The third-order valence-electron chi connectivity index (χ3n) is 6.03. The van der Waals surface area contributed by atoms with E-state index in [1.165, 1.54) is 0 Å². The van der Waals surface area contributed by atoms with E-state index in [4.69, 9.17) is 4.74 Å². The number of benzene rings is 1. The molecule has 0 spiro atoms. The van der Waals surface area contributed by atoms with Gasteiger partial charge in [-0.25, -0.2) is 4.39 Å². The van der Waals surface area contributed by atoms with Crippen molar-refractivity contribution in [1.82, 2.24) is 20.0 Å². The second kappa shape index (κ2) is 9.64. The second-order valence-electron chi connectivity index (χ2n) is 8.32. The highest BCUT2D eigenvalue weighted by Gasteiger charge is 2.33. The Morgan fingerprint density at radius 1 is 1.27 bits per heavy atom. The summed E-state index contributed by atoms with van der Waals surface area (Å²) in [7, 11) is 0. The van der Waals surface area contributed by atoms with Crippen LogP contribution in [0.2, 0.25) is 0 Å². The first-order valence-electron chi connectivity index (χ1n) is 10.9. The van der Waals surface area contributed by atoms with E-state index in [0.717, 1.165) is 29.8 Å². The molecule has 1 fully saturated rings. The molecule has 4 rings (SSSR count). The number of hydrogen-bond donors (Lipinski definition) is 1. The van der Waals surface area contributed by atoms with E-state index in [-0.39, 0.29) is 24.1 Å². The van der Waals surface area contributed by atoms with Crippen LogP contribution in [0.5, 0.6) is 0 Å². The second-order valence-corrected chi connectivity index (χ2v) is 8.32. The van der Waals surface area contributed by atoms with E-state index >= 15 is 0 Å². The van der Waals surface area contributed by atoms with Gasteiger partial charge in [-0.05, 0) is 43.0 Å². The number of fused-ring (bicyclic) bond motifs is 1. The molecule has 33 heavy (non-hydrogen) atoms. The Balaban J connectivity index is 1.51. The van der Waals surface area contributed by atoms with Gasteiger partial charge in [0, 0.05) is 36.9 Å². The highest BCUT2D eigenvalue weighted by Crippen LogP contribution is 2.31. The van der Waals surface area contributed by atoms with Crippen LogP contribution in [0.25, 0.3) is 0 Å². The fourth-order valence-electron chi connectivity index (χ4n) is 4.40. The molecular weight excluding hydrogens is 440 g/mol. The SMILES string of the molecule is C=CCn1nc(C(=O)N2CCOCC2)c2c1CC[C@H](NCc1cc(F)cc(C(F)(F)F)c1)C2. The van der Waals surface area contributed by atoms with Crippen molar-refractivity contribution < 1.29 is 27.1 Å². The van der Waals surface area contributed by atoms with Crippen LogP contribution in [0.4, 0.5) is 17.6 Å². The molecule has 2 heterocycles. The molecule has 2 aliphatic rings. The standard InChI is InChI=1S/C23H26F4N4O2/c1-2-5-31-20-4-3-18(28-14-15-10-16(23(25,26)27)12-17(24)11-15)13-19(20)21(29-31)22(32)30-6-8-33-9-7-30/h2,10-12,18,28H,1,3-9,13-14H2/t18-/m0/s1. The average Bonchev–Trinajstić information content (AvgIpc) is 3.15. The summed E-state index contributed by atoms with van der Waals surface area (Å²) >= 11 is 0. The molecular formula is C23H26F4N4O2. The van der Waals surface area contributed by atoms with Gasteiger partial charge in [-0.2, -0.15) is 18.3 Å². The first kappa shape index (κ1) is 23.4. The van der Waals surface area contributed by atoms with Gasteiger partial charge in [0.25, 0.3) is 5.91 Å². The van der Waals surface area contributed by atoms with Gasteiger partial charge in [-0.1, -0.05) is 6.08 Å². The summed E-state index contributed by atoms with van der Waals surface area (Å²) in [6.45, 7) is 6.32. The molecule has 10 heteroatoms. The van der Waals surface area contributed by atoms with Gasteiger partial charge in [0.1, 0.15) is 5.82 Å². The Labute approximate surface area is 189 Å². The van der Waals surface area contributed by atoms with E-state index < -0.39 is 17.6 Å². The van der Waals surface area contributed by atoms with Crippen LogP contribution in [0.3, 0.4) is 0 Å². The number of rotatable bonds is 6. The fourth-order valence-corrected chi connectivity index (χ4v) is 4.40. The Morgan fingerprint density at radius 3 is 2.73 bits per heavy atom. The first-order valence-corrected chi connectivity index (χ1v) is 10.9. The van der Waals surface area contributed by atoms with Gasteiger partial charge in [0.15, 0.2) is 5.69 Å². The predicted octanol–water partition coefficient (Wildman–Crippen LogP) is 3.35. The number of aromatic nitrogens is 2. The maximum absolute atomic E-state index is 13.7. The molecule has 1 aliphatic heterocycles. The Morgan fingerprint density at radius 2 is 2.03 bits per heavy atom. The Bertz CT molecular complexity index is 1030. The van der Waals surface area contributed by atoms with Gasteiger partial charge in [-0.15, -0.1) is 6.58 Å². The molecule has 2 aromatic rings. The van der Waals surface area contributed by atoms with Crippen molar-refractivity contribution in [3.8, 4) is 0 Å². The molecule has 1 aromatic heterocycles. The molecule has 0 unspecified atom stereocenters. The topological polar surface area (TPSA) is 59.4 Å². The third kappa shape index (κ3) is 5.27. The summed E-state index contributed by atoms with van der Waals surface area (Å²) < 4.78 is 59.8. The summed E-state index contributed by atoms with van der Waals surface area (Å²) in [5, 5.41) is 7.81. The number of morpholine rings is 1. The largest absolute Gasteiger partial charge is 0.416 e. The van der Waals surface area contributed by atoms with Crippen LogP contribution < -0.4 is 5.32 Å². The van der Waals surface area contributed by atoms with Crippen molar-refractivity contribution in [2.45, 2.75) is 44.6 Å². The van der Waals surface area contributed by atoms with Crippen LogP contribution in [0.15, 0.2) is 30.9 Å². The molecule has 1 aliphatic carbocycles. The lowest BCUT2D eigenvalue weighted by Gasteiger charge is -2.28. The average molecular weight is 466 g/mol. The Hall–Kier alpha value is -2.72. The smallest absolute Gasteiger partial charge is 0.378 e. The molecule has 1 saturated heterocycles. The predicted molar refractivity (Wildman–Crippen MR) is 113 cm³/mol. The van der Waals surface area contributed by atoms with Gasteiger partial charge in [-0.3, -0.25) is 9.48 Å². The number of carbonyl (C=O) groups excluding carboxylic acids is 1. The third-order valence-corrected chi connectivity index (χ3v) is 6.03. The number of hydrogen-bond acceptors (Lipinski definition) is 4. The van der Waals surface area contributed by atoms with Crippen LogP contribution >= 0.6 is 0 Å². The van der Waals surface area contributed by atoms with Crippen molar-refractivity contribution in [2.24, 2.45) is 0 Å². The maximum atomic E-state index is 13.7. The van der Waals surface area contributed by atoms with Gasteiger partial charge in [0.05, 0.1) is 25.3 Å². The highest BCUT2D eigenvalue weighted by molar-refractivity contribution is 5.94. The molecule has 0 bridgehead atoms. The van der Waals surface area contributed by atoms with Gasteiger partial charge >= 0.3 is 6.18 Å². The molecule has 1 amide bonds. The summed E-state index contributed by atoms with van der Waals surface area (Å²) in [6.07, 6.45) is -0.975. The van der Waals surface area contributed by atoms with Crippen LogP contribution in [-0.4, -0.2) is 52.9 Å². The van der Waals surface area contributed by atoms with Gasteiger partial charge in [0.2, 0.25) is 0 Å². The molecule has 1 atom stereocenters. The zero-order chi connectivity index (χ0) is 23.6. The number of allylic oxidation sites excluding steroid dienone is 1. The van der Waals surface area contributed by atoms with Crippen molar-refractivity contribution in [3.05, 3.63) is 64.7 Å². The zero-order valence-electron chi connectivity index (χ0n) is 18.1. The highest BCUT2D eigenvalue weighted by atomic mass is 19.4. The maximum Gasteiger partial charge on any atom is 0.416 e. The molecule has 6 nitrogen and oxygen atoms in total. The summed E-state index contributed by atoms with van der Waals surface area (Å²) in [5.74, 6) is -1.06. The van der Waals surface area contributed by atoms with Gasteiger partial charge < -0.3 is 15.0 Å². The number of alkyl halides is 3. The quantitative estimate of drug-likeness (QED) is 0.524. The van der Waals surface area contributed by atoms with Crippen molar-refractivity contribution >= 4 is 5.91 Å². The molecule has 1 aromatic carbocycles. The number of carbonyl (C=O) groups is 1. The van der Waals surface area contributed by atoms with Crippen LogP contribution in [-0.2, 0) is 36.8 Å². The Kier molecular flexibility index (Phi) is 6.85. The van der Waals surface area contributed by atoms with E-state index in [1.807, 2.05) is 0 Å². The number of amides is 1. The summed E-state index contributed by atoms with van der Waals surface area (Å²) in [4.78, 5) is 14.9. The zero-order valence-corrected chi connectivity index (χ0v) is 18.1. The summed E-state index contributed by atoms with van der Waals surface area (Å²) in [6, 6.07) is 2.48. The van der Waals surface area contributed by atoms with Crippen molar-refractivity contribution in [2.75, 3.05) is 26.3 Å². The van der Waals surface area contributed by atoms with E-state index in [0.29, 0.717) is 57.4 Å². The van der Waals surface area contributed by atoms with Crippen LogP contribution in [0.1, 0.15) is 39.3 Å². The van der Waals surface area contributed by atoms with Crippen LogP contribution in [0, 0.1) is 5.82 Å². The van der Waals surface area contributed by atoms with E-state index in [1.54, 1.807) is 15.7 Å². The van der Waals surface area contributed by atoms with E-state index in [9.17, 15) is 22.4 Å².